The van der Waals surface area contributed by atoms with Crippen molar-refractivity contribution in [3.63, 3.8) is 0 Å². The molecule has 0 aliphatic carbocycles. The van der Waals surface area contributed by atoms with Crippen LogP contribution in [0.5, 0.6) is 0 Å². The molecule has 0 atom stereocenters. The summed E-state index contributed by atoms with van der Waals surface area (Å²) in [6.45, 7) is 11.8. The Morgan fingerprint density at radius 3 is 2.12 bits per heavy atom. The molecule has 88 valence electrons. The Labute approximate surface area is 101 Å². The van der Waals surface area contributed by atoms with Crippen molar-refractivity contribution in [2.45, 2.75) is 41.5 Å². The molecule has 1 rings (SSSR count). The molecule has 0 saturated carbocycles. The van der Waals surface area contributed by atoms with E-state index in [1.807, 2.05) is 20.8 Å². The Hall–Kier alpha value is -0.960. The van der Waals surface area contributed by atoms with Crippen molar-refractivity contribution in [3.8, 4) is 0 Å². The molecule has 0 radical (unpaired) electrons. The summed E-state index contributed by atoms with van der Waals surface area (Å²) in [5.74, 6) is 0.428. The predicted molar refractivity (Wildman–Crippen MR) is 69.7 cm³/mol. The fourth-order valence-corrected chi connectivity index (χ4v) is 3.04. The van der Waals surface area contributed by atoms with E-state index in [4.69, 9.17) is 0 Å². The number of rotatable bonds is 3. The monoisotopic (exact) mass is 237 g/mol. The number of ketones is 1. The van der Waals surface area contributed by atoms with Gasteiger partial charge in [0.05, 0.1) is 15.6 Å². The SMILES string of the molecule is CC(=O)C(=C(C)c1sc(C)nc1C)C(C)C. The van der Waals surface area contributed by atoms with Crippen LogP contribution in [0.25, 0.3) is 5.57 Å². The maximum Gasteiger partial charge on any atom is 0.156 e. The Balaban J connectivity index is 3.35. The minimum absolute atomic E-state index is 0.165. The minimum atomic E-state index is 0.165. The van der Waals surface area contributed by atoms with Crippen LogP contribution in [0.4, 0.5) is 0 Å². The van der Waals surface area contributed by atoms with Gasteiger partial charge in [-0.05, 0) is 39.2 Å². The van der Waals surface area contributed by atoms with E-state index in [1.165, 1.54) is 0 Å². The first kappa shape index (κ1) is 13.1. The molecule has 0 spiro atoms. The Morgan fingerprint density at radius 1 is 1.25 bits per heavy atom. The van der Waals surface area contributed by atoms with Crippen molar-refractivity contribution >= 4 is 22.7 Å². The standard InChI is InChI=1S/C13H19NOS/c1-7(2)12(10(5)15)8(3)13-9(4)14-11(6)16-13/h7H,1-6H3. The smallest absolute Gasteiger partial charge is 0.156 e. The molecular weight excluding hydrogens is 218 g/mol. The van der Waals surface area contributed by atoms with Gasteiger partial charge in [-0.15, -0.1) is 11.3 Å². The number of thiazole rings is 1. The highest BCUT2D eigenvalue weighted by Gasteiger charge is 2.16. The van der Waals surface area contributed by atoms with Gasteiger partial charge in [-0.2, -0.15) is 0 Å². The highest BCUT2D eigenvalue weighted by molar-refractivity contribution is 7.12. The average molecular weight is 237 g/mol. The lowest BCUT2D eigenvalue weighted by atomic mass is 9.94. The average Bonchev–Trinajstić information content (AvgIpc) is 2.43. The molecule has 0 aromatic carbocycles. The minimum Gasteiger partial charge on any atom is -0.295 e. The number of carbonyl (C=O) groups excluding carboxylic acids is 1. The van der Waals surface area contributed by atoms with Gasteiger partial charge in [0, 0.05) is 5.57 Å². The summed E-state index contributed by atoms with van der Waals surface area (Å²) in [6, 6.07) is 0. The van der Waals surface area contributed by atoms with E-state index in [0.717, 1.165) is 26.7 Å². The predicted octanol–water partition coefficient (Wildman–Crippen LogP) is 3.78. The molecule has 1 heterocycles. The van der Waals surface area contributed by atoms with Gasteiger partial charge in [-0.25, -0.2) is 4.98 Å². The first-order chi connectivity index (χ1) is 7.34. The van der Waals surface area contributed by atoms with Crippen LogP contribution < -0.4 is 0 Å². The van der Waals surface area contributed by atoms with E-state index in [-0.39, 0.29) is 11.7 Å². The van der Waals surface area contributed by atoms with Gasteiger partial charge >= 0.3 is 0 Å². The molecule has 1 aromatic heterocycles. The summed E-state index contributed by atoms with van der Waals surface area (Å²) in [5.41, 5.74) is 3.04. The zero-order chi connectivity index (χ0) is 12.5. The van der Waals surface area contributed by atoms with Gasteiger partial charge in [-0.3, -0.25) is 4.79 Å². The second kappa shape index (κ2) is 4.91. The number of carbonyl (C=O) groups is 1. The zero-order valence-electron chi connectivity index (χ0n) is 10.8. The largest absolute Gasteiger partial charge is 0.295 e. The molecule has 0 fully saturated rings. The first-order valence-corrected chi connectivity index (χ1v) is 6.32. The molecule has 0 saturated heterocycles. The molecule has 0 unspecified atom stereocenters. The summed E-state index contributed by atoms with van der Waals surface area (Å²) < 4.78 is 0. The number of aromatic nitrogens is 1. The molecule has 0 amide bonds. The van der Waals surface area contributed by atoms with Crippen molar-refractivity contribution in [2.24, 2.45) is 5.92 Å². The summed E-state index contributed by atoms with van der Waals surface area (Å²) in [5, 5.41) is 1.05. The molecule has 0 bridgehead atoms. The fraction of sp³-hybridized carbons (Fsp3) is 0.538. The van der Waals surface area contributed by atoms with Crippen LogP contribution in [0.15, 0.2) is 5.57 Å². The van der Waals surface area contributed by atoms with Crippen LogP contribution in [0.1, 0.15) is 43.3 Å². The number of allylic oxidation sites excluding steroid dienone is 2. The van der Waals surface area contributed by atoms with Gasteiger partial charge in [0.15, 0.2) is 5.78 Å². The lowest BCUT2D eigenvalue weighted by Crippen LogP contribution is -2.06. The van der Waals surface area contributed by atoms with Crippen molar-refractivity contribution in [2.75, 3.05) is 0 Å². The van der Waals surface area contributed by atoms with Crippen LogP contribution in [0.3, 0.4) is 0 Å². The maximum atomic E-state index is 11.6. The van der Waals surface area contributed by atoms with Crippen molar-refractivity contribution < 1.29 is 4.79 Å². The zero-order valence-corrected chi connectivity index (χ0v) is 11.7. The third-order valence-electron chi connectivity index (χ3n) is 2.60. The number of Topliss-reactive ketones (excluding diaryl/α,β-unsaturated/α-hetero) is 1. The third kappa shape index (κ3) is 2.59. The first-order valence-electron chi connectivity index (χ1n) is 5.50. The van der Waals surface area contributed by atoms with Gasteiger partial charge in [0.25, 0.3) is 0 Å². The number of hydrogen-bond acceptors (Lipinski definition) is 3. The normalized spacial score (nSPS) is 12.9. The van der Waals surface area contributed by atoms with Gasteiger partial charge in [0.1, 0.15) is 0 Å². The highest BCUT2D eigenvalue weighted by Crippen LogP contribution is 2.30. The molecule has 1 aromatic rings. The van der Waals surface area contributed by atoms with E-state index in [1.54, 1.807) is 18.3 Å². The van der Waals surface area contributed by atoms with Crippen LogP contribution >= 0.6 is 11.3 Å². The molecule has 2 nitrogen and oxygen atoms in total. The van der Waals surface area contributed by atoms with Crippen LogP contribution in [0.2, 0.25) is 0 Å². The topological polar surface area (TPSA) is 30.0 Å². The van der Waals surface area contributed by atoms with Crippen LogP contribution in [-0.4, -0.2) is 10.8 Å². The fourth-order valence-electron chi connectivity index (χ4n) is 2.11. The van der Waals surface area contributed by atoms with E-state index in [9.17, 15) is 4.79 Å². The van der Waals surface area contributed by atoms with Crippen LogP contribution in [0, 0.1) is 19.8 Å². The summed E-state index contributed by atoms with van der Waals surface area (Å²) in [6.07, 6.45) is 0. The second-order valence-corrected chi connectivity index (χ2v) is 5.60. The Kier molecular flexibility index (Phi) is 4.03. The van der Waals surface area contributed by atoms with Crippen molar-refractivity contribution in [1.82, 2.24) is 4.98 Å². The molecular formula is C13H19NOS. The molecule has 0 aliphatic rings. The quantitative estimate of drug-likeness (QED) is 0.749. The van der Waals surface area contributed by atoms with Gasteiger partial charge < -0.3 is 0 Å². The lowest BCUT2D eigenvalue weighted by Gasteiger charge is -2.12. The second-order valence-electron chi connectivity index (χ2n) is 4.40. The molecule has 16 heavy (non-hydrogen) atoms. The van der Waals surface area contributed by atoms with Crippen LogP contribution in [-0.2, 0) is 4.79 Å². The van der Waals surface area contributed by atoms with Crippen molar-refractivity contribution in [3.05, 3.63) is 21.2 Å². The lowest BCUT2D eigenvalue weighted by molar-refractivity contribution is -0.113. The number of nitrogens with zero attached hydrogens (tertiary/aromatic N) is 1. The number of hydrogen-bond donors (Lipinski definition) is 0. The highest BCUT2D eigenvalue weighted by atomic mass is 32.1. The van der Waals surface area contributed by atoms with E-state index in [0.29, 0.717) is 0 Å². The van der Waals surface area contributed by atoms with E-state index < -0.39 is 0 Å². The Morgan fingerprint density at radius 2 is 1.81 bits per heavy atom. The summed E-state index contributed by atoms with van der Waals surface area (Å²) >= 11 is 1.66. The van der Waals surface area contributed by atoms with E-state index >= 15 is 0 Å². The molecule has 0 aliphatic heterocycles. The van der Waals surface area contributed by atoms with Gasteiger partial charge in [-0.1, -0.05) is 13.8 Å². The van der Waals surface area contributed by atoms with Crippen molar-refractivity contribution in [1.29, 1.82) is 0 Å². The molecule has 0 N–H and O–H groups in total. The third-order valence-corrected chi connectivity index (χ3v) is 3.80. The Bertz CT molecular complexity index is 441. The summed E-state index contributed by atoms with van der Waals surface area (Å²) in [7, 11) is 0. The van der Waals surface area contributed by atoms with E-state index in [2.05, 4.69) is 18.8 Å². The summed E-state index contributed by atoms with van der Waals surface area (Å²) in [4.78, 5) is 17.2. The number of aryl methyl sites for hydroxylation is 2. The molecule has 3 heteroatoms. The maximum absolute atomic E-state index is 11.6. The van der Waals surface area contributed by atoms with Gasteiger partial charge in [0.2, 0.25) is 0 Å².